The third-order valence-electron chi connectivity index (χ3n) is 2.36. The summed E-state index contributed by atoms with van der Waals surface area (Å²) < 4.78 is 2.74. The van der Waals surface area contributed by atoms with E-state index in [2.05, 4.69) is 25.8 Å². The molecule has 10 nitrogen and oxygen atoms in total. The smallest absolute Gasteiger partial charge is 0.246 e. The maximum absolute atomic E-state index is 11.7. The summed E-state index contributed by atoms with van der Waals surface area (Å²) in [6, 6.07) is 0. The minimum Gasteiger partial charge on any atom is -0.367 e. The summed E-state index contributed by atoms with van der Waals surface area (Å²) in [6.07, 6.45) is 4.38. The number of anilines is 2. The lowest BCUT2D eigenvalue weighted by atomic mass is 10.5. The SMILES string of the molecule is CNC(=O)Cn1cc(NC(=O)Cn2cnc(N)n2)cn1. The van der Waals surface area contributed by atoms with E-state index in [0.29, 0.717) is 5.69 Å². The highest BCUT2D eigenvalue weighted by Gasteiger charge is 2.08. The molecule has 0 fully saturated rings. The van der Waals surface area contributed by atoms with E-state index in [0.717, 1.165) is 0 Å². The predicted molar refractivity (Wildman–Crippen MR) is 69.4 cm³/mol. The standard InChI is InChI=1S/C10H14N8O2/c1-12-8(19)4-17-3-7(2-14-17)15-9(20)5-18-6-13-10(11)16-18/h2-3,6H,4-5H2,1H3,(H2,11,16)(H,12,19)(H,15,20). The lowest BCUT2D eigenvalue weighted by molar-refractivity contribution is -0.121. The van der Waals surface area contributed by atoms with Crippen LogP contribution in [0.5, 0.6) is 0 Å². The van der Waals surface area contributed by atoms with E-state index in [-0.39, 0.29) is 30.9 Å². The van der Waals surface area contributed by atoms with E-state index in [1.807, 2.05) is 0 Å². The minimum atomic E-state index is -0.297. The van der Waals surface area contributed by atoms with Crippen LogP contribution in [0.1, 0.15) is 0 Å². The number of hydrogen-bond acceptors (Lipinski definition) is 6. The van der Waals surface area contributed by atoms with Crippen molar-refractivity contribution in [3.63, 3.8) is 0 Å². The van der Waals surface area contributed by atoms with Crippen LogP contribution in [0.3, 0.4) is 0 Å². The van der Waals surface area contributed by atoms with Crippen LogP contribution in [0.15, 0.2) is 18.7 Å². The van der Waals surface area contributed by atoms with Crippen LogP contribution in [-0.4, -0.2) is 43.4 Å². The van der Waals surface area contributed by atoms with Gasteiger partial charge in [-0.05, 0) is 0 Å². The number of nitrogens with zero attached hydrogens (tertiary/aromatic N) is 5. The Labute approximate surface area is 114 Å². The van der Waals surface area contributed by atoms with Gasteiger partial charge in [-0.2, -0.15) is 5.10 Å². The molecule has 0 aliphatic rings. The van der Waals surface area contributed by atoms with Gasteiger partial charge in [0, 0.05) is 13.2 Å². The summed E-state index contributed by atoms with van der Waals surface area (Å²) in [5.41, 5.74) is 5.84. The normalized spacial score (nSPS) is 10.2. The molecule has 4 N–H and O–H groups in total. The molecule has 2 heterocycles. The number of carbonyl (C=O) groups excluding carboxylic acids is 2. The van der Waals surface area contributed by atoms with Crippen LogP contribution in [0, 0.1) is 0 Å². The maximum atomic E-state index is 11.7. The molecule has 0 bridgehead atoms. The summed E-state index contributed by atoms with van der Waals surface area (Å²) in [7, 11) is 1.54. The van der Waals surface area contributed by atoms with Gasteiger partial charge in [0.15, 0.2) is 0 Å². The topological polar surface area (TPSA) is 133 Å². The third kappa shape index (κ3) is 3.54. The van der Waals surface area contributed by atoms with Crippen LogP contribution in [0.2, 0.25) is 0 Å². The molecule has 2 rings (SSSR count). The van der Waals surface area contributed by atoms with Gasteiger partial charge in [-0.1, -0.05) is 0 Å². The molecule has 0 spiro atoms. The second-order valence-electron chi connectivity index (χ2n) is 3.95. The van der Waals surface area contributed by atoms with Crippen molar-refractivity contribution in [3.05, 3.63) is 18.7 Å². The van der Waals surface area contributed by atoms with Gasteiger partial charge in [0.2, 0.25) is 17.8 Å². The predicted octanol–water partition coefficient (Wildman–Crippen LogP) is -1.56. The average Bonchev–Trinajstić information content (AvgIpc) is 2.99. The maximum Gasteiger partial charge on any atom is 0.246 e. The Morgan fingerprint density at radius 2 is 2.05 bits per heavy atom. The van der Waals surface area contributed by atoms with Crippen molar-refractivity contribution in [2.75, 3.05) is 18.1 Å². The number of carbonyl (C=O) groups is 2. The van der Waals surface area contributed by atoms with Crippen molar-refractivity contribution in [1.29, 1.82) is 0 Å². The number of aromatic nitrogens is 5. The fraction of sp³-hybridized carbons (Fsp3) is 0.300. The highest BCUT2D eigenvalue weighted by atomic mass is 16.2. The number of nitrogens with two attached hydrogens (primary N) is 1. The molecular formula is C10H14N8O2. The zero-order chi connectivity index (χ0) is 14.5. The largest absolute Gasteiger partial charge is 0.367 e. The van der Waals surface area contributed by atoms with Gasteiger partial charge < -0.3 is 16.4 Å². The van der Waals surface area contributed by atoms with Crippen LogP contribution in [0.4, 0.5) is 11.6 Å². The summed E-state index contributed by atoms with van der Waals surface area (Å²) >= 11 is 0. The number of rotatable bonds is 5. The molecule has 0 atom stereocenters. The van der Waals surface area contributed by atoms with Crippen molar-refractivity contribution in [2.24, 2.45) is 0 Å². The first-order chi connectivity index (χ1) is 9.56. The third-order valence-corrected chi connectivity index (χ3v) is 2.36. The molecule has 0 saturated heterocycles. The molecule has 0 aromatic carbocycles. The number of nitrogen functional groups attached to an aromatic ring is 1. The molecule has 10 heteroatoms. The number of nitrogens with one attached hydrogen (secondary N) is 2. The van der Waals surface area contributed by atoms with E-state index in [1.165, 1.54) is 21.9 Å². The molecule has 2 aromatic heterocycles. The summed E-state index contributed by atoms with van der Waals surface area (Å²) in [5.74, 6) is -0.366. The van der Waals surface area contributed by atoms with Gasteiger partial charge in [-0.3, -0.25) is 14.3 Å². The zero-order valence-corrected chi connectivity index (χ0v) is 10.8. The Bertz CT molecular complexity index is 616. The van der Waals surface area contributed by atoms with Crippen LogP contribution >= 0.6 is 0 Å². The van der Waals surface area contributed by atoms with Crippen molar-refractivity contribution in [3.8, 4) is 0 Å². The number of likely N-dealkylation sites (N-methyl/N-ethyl adjacent to an activating group) is 1. The molecule has 0 radical (unpaired) electrons. The van der Waals surface area contributed by atoms with E-state index in [4.69, 9.17) is 5.73 Å². The quantitative estimate of drug-likeness (QED) is 0.606. The first-order valence-electron chi connectivity index (χ1n) is 5.74. The van der Waals surface area contributed by atoms with Crippen molar-refractivity contribution >= 4 is 23.5 Å². The molecule has 106 valence electrons. The molecule has 0 saturated carbocycles. The van der Waals surface area contributed by atoms with Gasteiger partial charge in [0.05, 0.1) is 11.9 Å². The average molecular weight is 278 g/mol. The van der Waals surface area contributed by atoms with E-state index in [9.17, 15) is 9.59 Å². The minimum absolute atomic E-state index is 0.00910. The molecule has 2 amide bonds. The molecule has 2 aromatic rings. The molecule has 0 aliphatic carbocycles. The van der Waals surface area contributed by atoms with Crippen LogP contribution < -0.4 is 16.4 Å². The molecule has 0 aliphatic heterocycles. The zero-order valence-electron chi connectivity index (χ0n) is 10.8. The molecule has 20 heavy (non-hydrogen) atoms. The van der Waals surface area contributed by atoms with Gasteiger partial charge in [0.1, 0.15) is 19.4 Å². The Kier molecular flexibility index (Phi) is 3.93. The molecular weight excluding hydrogens is 264 g/mol. The fourth-order valence-electron chi connectivity index (χ4n) is 1.47. The van der Waals surface area contributed by atoms with Gasteiger partial charge in [-0.25, -0.2) is 9.67 Å². The summed E-state index contributed by atoms with van der Waals surface area (Å²) in [5, 5.41) is 12.9. The highest BCUT2D eigenvalue weighted by Crippen LogP contribution is 2.05. The van der Waals surface area contributed by atoms with E-state index < -0.39 is 0 Å². The molecule has 0 unspecified atom stereocenters. The second-order valence-corrected chi connectivity index (χ2v) is 3.95. The Balaban J connectivity index is 1.89. The van der Waals surface area contributed by atoms with E-state index >= 15 is 0 Å². The van der Waals surface area contributed by atoms with E-state index in [1.54, 1.807) is 13.2 Å². The lowest BCUT2D eigenvalue weighted by Crippen LogP contribution is -2.23. The number of amides is 2. The first-order valence-corrected chi connectivity index (χ1v) is 5.74. The summed E-state index contributed by atoms with van der Waals surface area (Å²) in [4.78, 5) is 26.6. The summed E-state index contributed by atoms with van der Waals surface area (Å²) in [6.45, 7) is 0.0802. The van der Waals surface area contributed by atoms with Crippen molar-refractivity contribution < 1.29 is 9.59 Å². The van der Waals surface area contributed by atoms with Gasteiger partial charge >= 0.3 is 0 Å². The Morgan fingerprint density at radius 1 is 1.30 bits per heavy atom. The number of hydrogen-bond donors (Lipinski definition) is 3. The van der Waals surface area contributed by atoms with Crippen LogP contribution in [-0.2, 0) is 22.7 Å². The van der Waals surface area contributed by atoms with Gasteiger partial charge in [-0.15, -0.1) is 5.10 Å². The van der Waals surface area contributed by atoms with Crippen molar-refractivity contribution in [1.82, 2.24) is 29.9 Å². The lowest BCUT2D eigenvalue weighted by Gasteiger charge is -2.02. The second kappa shape index (κ2) is 5.82. The Hall–Kier alpha value is -2.91. The van der Waals surface area contributed by atoms with Gasteiger partial charge in [0.25, 0.3) is 0 Å². The first kappa shape index (κ1) is 13.5. The van der Waals surface area contributed by atoms with Crippen LogP contribution in [0.25, 0.3) is 0 Å². The van der Waals surface area contributed by atoms with Crippen molar-refractivity contribution in [2.45, 2.75) is 13.1 Å². The monoisotopic (exact) mass is 278 g/mol. The Morgan fingerprint density at radius 3 is 2.70 bits per heavy atom. The highest BCUT2D eigenvalue weighted by molar-refractivity contribution is 5.90. The fourth-order valence-corrected chi connectivity index (χ4v) is 1.47.